The van der Waals surface area contributed by atoms with Crippen molar-refractivity contribution in [1.82, 2.24) is 4.90 Å². The van der Waals surface area contributed by atoms with E-state index in [-0.39, 0.29) is 25.5 Å². The molecule has 0 unspecified atom stereocenters. The van der Waals surface area contributed by atoms with E-state index < -0.39 is 5.97 Å². The van der Waals surface area contributed by atoms with E-state index in [0.29, 0.717) is 5.75 Å². The lowest BCUT2D eigenvalue weighted by molar-refractivity contribution is -0.138. The molecule has 0 aliphatic heterocycles. The summed E-state index contributed by atoms with van der Waals surface area (Å²) in [7, 11) is 1.57. The summed E-state index contributed by atoms with van der Waals surface area (Å²) in [6, 6.07) is 5.74. The molecule has 0 fully saturated rings. The van der Waals surface area contributed by atoms with Crippen LogP contribution in [0.4, 0.5) is 0 Å². The van der Waals surface area contributed by atoms with Crippen LogP contribution in [0.5, 0.6) is 5.75 Å². The Morgan fingerprint density at radius 1 is 1.21 bits per heavy atom. The summed E-state index contributed by atoms with van der Waals surface area (Å²) >= 11 is 0. The van der Waals surface area contributed by atoms with Crippen molar-refractivity contribution in [2.75, 3.05) is 20.2 Å². The summed E-state index contributed by atoms with van der Waals surface area (Å²) in [6.45, 7) is 4.02. The van der Waals surface area contributed by atoms with E-state index in [4.69, 9.17) is 9.84 Å². The molecule has 0 radical (unpaired) electrons. The Bertz CT molecular complexity index is 450. The number of carboxylic acids is 1. The Balaban J connectivity index is 2.47. The first kappa shape index (κ1) is 15.0. The van der Waals surface area contributed by atoms with Crippen molar-refractivity contribution in [3.63, 3.8) is 0 Å². The van der Waals surface area contributed by atoms with Crippen LogP contribution in [0.3, 0.4) is 0 Å². The molecule has 19 heavy (non-hydrogen) atoms. The van der Waals surface area contributed by atoms with Crippen molar-refractivity contribution in [3.8, 4) is 5.75 Å². The average molecular weight is 265 g/mol. The summed E-state index contributed by atoms with van der Waals surface area (Å²) in [5.74, 6) is -0.507. The molecular weight excluding hydrogens is 246 g/mol. The second kappa shape index (κ2) is 6.78. The van der Waals surface area contributed by atoms with Crippen molar-refractivity contribution < 1.29 is 19.4 Å². The van der Waals surface area contributed by atoms with Gasteiger partial charge in [-0.2, -0.15) is 0 Å². The van der Waals surface area contributed by atoms with Crippen LogP contribution in [0.15, 0.2) is 18.2 Å². The molecule has 1 aromatic carbocycles. The second-order valence-corrected chi connectivity index (χ2v) is 4.57. The number of carbonyl (C=O) groups is 2. The van der Waals surface area contributed by atoms with Crippen LogP contribution in [0.25, 0.3) is 0 Å². The summed E-state index contributed by atoms with van der Waals surface area (Å²) in [5, 5.41) is 8.54. The third kappa shape index (κ3) is 5.42. The van der Waals surface area contributed by atoms with E-state index >= 15 is 0 Å². The zero-order valence-corrected chi connectivity index (χ0v) is 11.5. The van der Waals surface area contributed by atoms with Gasteiger partial charge in [-0.05, 0) is 37.1 Å². The van der Waals surface area contributed by atoms with Gasteiger partial charge in [0.25, 0.3) is 5.91 Å². The summed E-state index contributed by atoms with van der Waals surface area (Å²) in [5.41, 5.74) is 2.14. The predicted molar refractivity (Wildman–Crippen MR) is 71.3 cm³/mol. The van der Waals surface area contributed by atoms with Gasteiger partial charge in [-0.15, -0.1) is 0 Å². The maximum absolute atomic E-state index is 11.7. The van der Waals surface area contributed by atoms with Crippen LogP contribution in [0, 0.1) is 13.8 Å². The highest BCUT2D eigenvalue weighted by Gasteiger charge is 2.11. The van der Waals surface area contributed by atoms with Gasteiger partial charge in [0.15, 0.2) is 6.61 Å². The first-order valence-corrected chi connectivity index (χ1v) is 6.05. The molecule has 1 amide bonds. The van der Waals surface area contributed by atoms with Gasteiger partial charge < -0.3 is 14.7 Å². The van der Waals surface area contributed by atoms with Gasteiger partial charge in [0.05, 0.1) is 6.42 Å². The summed E-state index contributed by atoms with van der Waals surface area (Å²) in [6.07, 6.45) is -0.0637. The van der Waals surface area contributed by atoms with Crippen LogP contribution >= 0.6 is 0 Å². The molecule has 0 bridgehead atoms. The fourth-order valence-corrected chi connectivity index (χ4v) is 1.66. The number of carbonyl (C=O) groups excluding carboxylic acids is 1. The van der Waals surface area contributed by atoms with Gasteiger partial charge in [0.1, 0.15) is 5.75 Å². The highest BCUT2D eigenvalue weighted by atomic mass is 16.5. The Morgan fingerprint density at radius 3 is 2.32 bits per heavy atom. The number of hydrogen-bond acceptors (Lipinski definition) is 3. The van der Waals surface area contributed by atoms with E-state index in [9.17, 15) is 9.59 Å². The van der Waals surface area contributed by atoms with Crippen molar-refractivity contribution in [2.24, 2.45) is 0 Å². The first-order chi connectivity index (χ1) is 8.88. The van der Waals surface area contributed by atoms with Gasteiger partial charge in [0.2, 0.25) is 0 Å². The average Bonchev–Trinajstić information content (AvgIpc) is 2.31. The molecule has 5 nitrogen and oxygen atoms in total. The molecule has 1 aromatic rings. The van der Waals surface area contributed by atoms with Crippen molar-refractivity contribution in [2.45, 2.75) is 20.3 Å². The lowest BCUT2D eigenvalue weighted by atomic mass is 10.1. The molecule has 1 N–H and O–H groups in total. The molecule has 0 saturated heterocycles. The standard InChI is InChI=1S/C14H19NO4/c1-10-6-11(2)8-12(7-10)19-9-13(16)15(3)5-4-14(17)18/h6-8H,4-5,9H2,1-3H3,(H,17,18). The zero-order valence-electron chi connectivity index (χ0n) is 11.5. The molecule has 0 spiro atoms. The molecule has 0 atom stereocenters. The van der Waals surface area contributed by atoms with E-state index in [0.717, 1.165) is 11.1 Å². The van der Waals surface area contributed by atoms with E-state index in [1.807, 2.05) is 32.0 Å². The number of benzene rings is 1. The highest BCUT2D eigenvalue weighted by molar-refractivity contribution is 5.78. The number of aryl methyl sites for hydroxylation is 2. The van der Waals surface area contributed by atoms with Crippen LogP contribution in [-0.4, -0.2) is 42.1 Å². The third-order valence-corrected chi connectivity index (χ3v) is 2.64. The molecule has 0 saturated carbocycles. The number of amides is 1. The van der Waals surface area contributed by atoms with Crippen LogP contribution in [0.2, 0.25) is 0 Å². The normalized spacial score (nSPS) is 10.1. The molecular formula is C14H19NO4. The number of carboxylic acid groups (broad SMARTS) is 1. The number of aliphatic carboxylic acids is 1. The van der Waals surface area contributed by atoms with Crippen LogP contribution in [0.1, 0.15) is 17.5 Å². The Labute approximate surface area is 112 Å². The molecule has 0 aliphatic rings. The number of ether oxygens (including phenoxy) is 1. The van der Waals surface area contributed by atoms with Crippen molar-refractivity contribution >= 4 is 11.9 Å². The predicted octanol–water partition coefficient (Wildman–Crippen LogP) is 1.62. The molecule has 104 valence electrons. The second-order valence-electron chi connectivity index (χ2n) is 4.57. The molecule has 5 heteroatoms. The zero-order chi connectivity index (χ0) is 14.4. The number of hydrogen-bond donors (Lipinski definition) is 1. The van der Waals surface area contributed by atoms with Gasteiger partial charge in [-0.3, -0.25) is 9.59 Å². The largest absolute Gasteiger partial charge is 0.484 e. The maximum atomic E-state index is 11.7. The van der Waals surface area contributed by atoms with E-state index in [2.05, 4.69) is 0 Å². The monoisotopic (exact) mass is 265 g/mol. The van der Waals surface area contributed by atoms with Gasteiger partial charge >= 0.3 is 5.97 Å². The Morgan fingerprint density at radius 2 is 1.79 bits per heavy atom. The maximum Gasteiger partial charge on any atom is 0.305 e. The van der Waals surface area contributed by atoms with Gasteiger partial charge in [0, 0.05) is 13.6 Å². The SMILES string of the molecule is Cc1cc(C)cc(OCC(=O)N(C)CCC(=O)O)c1. The fourth-order valence-electron chi connectivity index (χ4n) is 1.66. The smallest absolute Gasteiger partial charge is 0.305 e. The lowest BCUT2D eigenvalue weighted by Gasteiger charge is -2.16. The quantitative estimate of drug-likeness (QED) is 0.848. The van der Waals surface area contributed by atoms with Gasteiger partial charge in [-0.1, -0.05) is 6.07 Å². The molecule has 0 aromatic heterocycles. The molecule has 0 heterocycles. The summed E-state index contributed by atoms with van der Waals surface area (Å²) < 4.78 is 5.42. The van der Waals surface area contributed by atoms with Gasteiger partial charge in [-0.25, -0.2) is 0 Å². The minimum Gasteiger partial charge on any atom is -0.484 e. The lowest BCUT2D eigenvalue weighted by Crippen LogP contribution is -2.33. The fraction of sp³-hybridized carbons (Fsp3) is 0.429. The molecule has 1 rings (SSSR count). The van der Waals surface area contributed by atoms with E-state index in [1.54, 1.807) is 7.05 Å². The minimum atomic E-state index is -0.921. The first-order valence-electron chi connectivity index (χ1n) is 6.05. The third-order valence-electron chi connectivity index (χ3n) is 2.64. The molecule has 0 aliphatic carbocycles. The van der Waals surface area contributed by atoms with E-state index in [1.165, 1.54) is 4.90 Å². The number of likely N-dealkylation sites (N-methyl/N-ethyl adjacent to an activating group) is 1. The highest BCUT2D eigenvalue weighted by Crippen LogP contribution is 2.16. The Kier molecular flexibility index (Phi) is 5.36. The van der Waals surface area contributed by atoms with Crippen molar-refractivity contribution in [3.05, 3.63) is 29.3 Å². The Hall–Kier alpha value is -2.04. The van der Waals surface area contributed by atoms with Crippen LogP contribution in [-0.2, 0) is 9.59 Å². The number of rotatable bonds is 6. The summed E-state index contributed by atoms with van der Waals surface area (Å²) in [4.78, 5) is 23.5. The van der Waals surface area contributed by atoms with Crippen LogP contribution < -0.4 is 4.74 Å². The topological polar surface area (TPSA) is 66.8 Å². The van der Waals surface area contributed by atoms with Crippen molar-refractivity contribution in [1.29, 1.82) is 0 Å². The number of nitrogens with zero attached hydrogens (tertiary/aromatic N) is 1. The minimum absolute atomic E-state index is 0.0637.